The first-order valence-electron chi connectivity index (χ1n) is 9.29. The second-order valence-electron chi connectivity index (χ2n) is 6.83. The van der Waals surface area contributed by atoms with Crippen molar-refractivity contribution in [3.05, 3.63) is 94.5 Å². The third kappa shape index (κ3) is 3.82. The van der Waals surface area contributed by atoms with E-state index in [1.54, 1.807) is 28.9 Å². The number of amides is 1. The molecule has 5 nitrogen and oxygen atoms in total. The minimum Gasteiger partial charge on any atom is -0.317 e. The predicted molar refractivity (Wildman–Crippen MR) is 116 cm³/mol. The van der Waals surface area contributed by atoms with Crippen molar-refractivity contribution in [3.8, 4) is 17.1 Å². The summed E-state index contributed by atoms with van der Waals surface area (Å²) >= 11 is 6.02. The summed E-state index contributed by atoms with van der Waals surface area (Å²) < 4.78 is 15.6. The summed E-state index contributed by atoms with van der Waals surface area (Å²) in [7, 11) is 0. The van der Waals surface area contributed by atoms with E-state index in [1.807, 2.05) is 44.2 Å². The predicted octanol–water partition coefficient (Wildman–Crippen LogP) is 5.60. The standard InChI is InChI=1S/C23H18ClFN4O/c1-14-6-5-9-20(15(14)2)29-22(16-10-12-17(24)13-11-16)27-21(28-29)23(30)26-19-8-4-3-7-18(19)25/h3-13H,1-2H3,(H,26,30). The number of carbonyl (C=O) groups excluding carboxylic acids is 1. The van der Waals surface area contributed by atoms with Crippen molar-refractivity contribution < 1.29 is 9.18 Å². The molecule has 4 rings (SSSR count). The average Bonchev–Trinajstić information content (AvgIpc) is 3.17. The summed E-state index contributed by atoms with van der Waals surface area (Å²) in [5, 5.41) is 7.57. The number of hydrogen-bond acceptors (Lipinski definition) is 3. The van der Waals surface area contributed by atoms with Gasteiger partial charge in [-0.3, -0.25) is 4.79 Å². The van der Waals surface area contributed by atoms with Gasteiger partial charge in [0.25, 0.3) is 5.91 Å². The maximum Gasteiger partial charge on any atom is 0.295 e. The van der Waals surface area contributed by atoms with Crippen LogP contribution in [0.4, 0.5) is 10.1 Å². The third-order valence-corrected chi connectivity index (χ3v) is 5.09. The number of halogens is 2. The maximum atomic E-state index is 13.9. The molecule has 0 aliphatic carbocycles. The summed E-state index contributed by atoms with van der Waals surface area (Å²) in [4.78, 5) is 17.2. The molecule has 30 heavy (non-hydrogen) atoms. The van der Waals surface area contributed by atoms with Crippen LogP contribution in [0.1, 0.15) is 21.7 Å². The fourth-order valence-corrected chi connectivity index (χ4v) is 3.19. The Morgan fingerprint density at radius 2 is 1.73 bits per heavy atom. The number of hydrogen-bond donors (Lipinski definition) is 1. The first-order valence-corrected chi connectivity index (χ1v) is 9.67. The van der Waals surface area contributed by atoms with Gasteiger partial charge in [0, 0.05) is 10.6 Å². The largest absolute Gasteiger partial charge is 0.317 e. The molecule has 7 heteroatoms. The van der Waals surface area contributed by atoms with E-state index in [-0.39, 0.29) is 11.5 Å². The van der Waals surface area contributed by atoms with Crippen molar-refractivity contribution in [2.24, 2.45) is 0 Å². The third-order valence-electron chi connectivity index (χ3n) is 4.84. The van der Waals surface area contributed by atoms with E-state index in [2.05, 4.69) is 15.4 Å². The van der Waals surface area contributed by atoms with Crippen LogP contribution in [-0.4, -0.2) is 20.7 Å². The Balaban J connectivity index is 1.81. The smallest absolute Gasteiger partial charge is 0.295 e. The van der Waals surface area contributed by atoms with Crippen molar-refractivity contribution in [1.29, 1.82) is 0 Å². The number of nitrogens with zero attached hydrogens (tertiary/aromatic N) is 3. The zero-order chi connectivity index (χ0) is 21.3. The lowest BCUT2D eigenvalue weighted by Gasteiger charge is -2.11. The molecule has 3 aromatic carbocycles. The molecule has 0 spiro atoms. The van der Waals surface area contributed by atoms with Crippen molar-refractivity contribution >= 4 is 23.2 Å². The van der Waals surface area contributed by atoms with E-state index in [0.717, 1.165) is 22.4 Å². The fourth-order valence-electron chi connectivity index (χ4n) is 3.07. The summed E-state index contributed by atoms with van der Waals surface area (Å²) in [5.41, 5.74) is 3.72. The number of carbonyl (C=O) groups is 1. The first-order chi connectivity index (χ1) is 14.4. The van der Waals surface area contributed by atoms with Gasteiger partial charge in [0.1, 0.15) is 5.82 Å². The average molecular weight is 421 g/mol. The molecule has 150 valence electrons. The second-order valence-corrected chi connectivity index (χ2v) is 7.27. The molecule has 0 bridgehead atoms. The number of rotatable bonds is 4. The molecule has 0 unspecified atom stereocenters. The van der Waals surface area contributed by atoms with Crippen molar-refractivity contribution in [2.75, 3.05) is 5.32 Å². The van der Waals surface area contributed by atoms with Gasteiger partial charge in [-0.2, -0.15) is 0 Å². The first kappa shape index (κ1) is 19.8. The monoisotopic (exact) mass is 420 g/mol. The number of anilines is 1. The van der Waals surface area contributed by atoms with Gasteiger partial charge in [0.15, 0.2) is 5.82 Å². The number of aromatic nitrogens is 3. The molecule has 4 aromatic rings. The van der Waals surface area contributed by atoms with Crippen LogP contribution in [0, 0.1) is 19.7 Å². The molecule has 0 fully saturated rings. The Labute approximate surface area is 178 Å². The van der Waals surface area contributed by atoms with Crippen molar-refractivity contribution in [2.45, 2.75) is 13.8 Å². The van der Waals surface area contributed by atoms with Gasteiger partial charge in [0.05, 0.1) is 11.4 Å². The van der Waals surface area contributed by atoms with E-state index < -0.39 is 11.7 Å². The lowest BCUT2D eigenvalue weighted by Crippen LogP contribution is -2.15. The summed E-state index contributed by atoms with van der Waals surface area (Å²) in [6.07, 6.45) is 0. The van der Waals surface area contributed by atoms with E-state index in [4.69, 9.17) is 11.6 Å². The molecule has 0 atom stereocenters. The van der Waals surface area contributed by atoms with Gasteiger partial charge in [0.2, 0.25) is 5.82 Å². The Hall–Kier alpha value is -3.51. The fraction of sp³-hybridized carbons (Fsp3) is 0.0870. The van der Waals surface area contributed by atoms with Gasteiger partial charge in [-0.1, -0.05) is 35.9 Å². The molecule has 0 saturated heterocycles. The zero-order valence-corrected chi connectivity index (χ0v) is 17.1. The zero-order valence-electron chi connectivity index (χ0n) is 16.4. The van der Waals surface area contributed by atoms with E-state index >= 15 is 0 Å². The number of aryl methyl sites for hydroxylation is 1. The molecule has 1 heterocycles. The summed E-state index contributed by atoms with van der Waals surface area (Å²) in [6.45, 7) is 3.99. The van der Waals surface area contributed by atoms with Crippen LogP contribution in [0.25, 0.3) is 17.1 Å². The Morgan fingerprint density at radius 3 is 2.47 bits per heavy atom. The maximum absolute atomic E-state index is 13.9. The quantitative estimate of drug-likeness (QED) is 0.467. The van der Waals surface area contributed by atoms with Gasteiger partial charge in [-0.25, -0.2) is 14.1 Å². The van der Waals surface area contributed by atoms with Crippen LogP contribution in [0.2, 0.25) is 5.02 Å². The van der Waals surface area contributed by atoms with Crippen LogP contribution in [0.5, 0.6) is 0 Å². The van der Waals surface area contributed by atoms with Crippen LogP contribution in [0.15, 0.2) is 66.7 Å². The van der Waals surface area contributed by atoms with Gasteiger partial charge >= 0.3 is 0 Å². The molecule has 0 radical (unpaired) electrons. The van der Waals surface area contributed by atoms with Crippen molar-refractivity contribution in [1.82, 2.24) is 14.8 Å². The lowest BCUT2D eigenvalue weighted by atomic mass is 10.1. The highest BCUT2D eigenvalue weighted by atomic mass is 35.5. The summed E-state index contributed by atoms with van der Waals surface area (Å²) in [6, 6.07) is 18.9. The Bertz CT molecular complexity index is 1230. The van der Waals surface area contributed by atoms with Crippen LogP contribution in [0.3, 0.4) is 0 Å². The van der Waals surface area contributed by atoms with E-state index in [0.29, 0.717) is 10.8 Å². The van der Waals surface area contributed by atoms with E-state index in [1.165, 1.54) is 12.1 Å². The van der Waals surface area contributed by atoms with E-state index in [9.17, 15) is 9.18 Å². The Morgan fingerprint density at radius 1 is 1.00 bits per heavy atom. The van der Waals surface area contributed by atoms with Gasteiger partial charge in [-0.15, -0.1) is 5.10 Å². The number of nitrogens with one attached hydrogen (secondary N) is 1. The summed E-state index contributed by atoms with van der Waals surface area (Å²) in [5.74, 6) is -0.708. The van der Waals surface area contributed by atoms with Crippen molar-refractivity contribution in [3.63, 3.8) is 0 Å². The minimum atomic E-state index is -0.598. The molecule has 0 aliphatic rings. The SMILES string of the molecule is Cc1cccc(-n2nc(C(=O)Nc3ccccc3F)nc2-c2ccc(Cl)cc2)c1C. The minimum absolute atomic E-state index is 0.0656. The highest BCUT2D eigenvalue weighted by Crippen LogP contribution is 2.26. The van der Waals surface area contributed by atoms with Crippen LogP contribution < -0.4 is 5.32 Å². The number of para-hydroxylation sites is 1. The van der Waals surface area contributed by atoms with Gasteiger partial charge in [-0.05, 0) is 67.4 Å². The normalized spacial score (nSPS) is 10.8. The second kappa shape index (κ2) is 8.08. The van der Waals surface area contributed by atoms with Crippen LogP contribution >= 0.6 is 11.6 Å². The highest BCUT2D eigenvalue weighted by molar-refractivity contribution is 6.30. The lowest BCUT2D eigenvalue weighted by molar-refractivity contribution is 0.101. The highest BCUT2D eigenvalue weighted by Gasteiger charge is 2.21. The molecular weight excluding hydrogens is 403 g/mol. The molecule has 0 saturated carbocycles. The molecule has 0 aliphatic heterocycles. The molecule has 1 aromatic heterocycles. The molecule has 1 N–H and O–H groups in total. The molecule has 1 amide bonds. The topological polar surface area (TPSA) is 59.8 Å². The Kier molecular flexibility index (Phi) is 5.33. The van der Waals surface area contributed by atoms with Crippen LogP contribution in [-0.2, 0) is 0 Å². The molecular formula is C23H18ClFN4O. The number of benzene rings is 3. The van der Waals surface area contributed by atoms with Gasteiger partial charge < -0.3 is 5.32 Å².